The number of nitrogens with one attached hydrogen (secondary N) is 2. The number of aromatic nitrogens is 2. The van der Waals surface area contributed by atoms with Crippen molar-refractivity contribution in [2.45, 2.75) is 26.2 Å². The molecule has 1 fully saturated rings. The van der Waals surface area contributed by atoms with Crippen LogP contribution in [0.3, 0.4) is 0 Å². The summed E-state index contributed by atoms with van der Waals surface area (Å²) in [4.78, 5) is 18.7. The molecular weight excluding hydrogens is 274 g/mol. The third-order valence-electron chi connectivity index (χ3n) is 3.73. The first kappa shape index (κ1) is 15.4. The maximum absolute atomic E-state index is 11.0. The summed E-state index contributed by atoms with van der Waals surface area (Å²) in [5.41, 5.74) is 0.0897. The lowest BCUT2D eigenvalue weighted by atomic mass is 10.0. The van der Waals surface area contributed by atoms with Gasteiger partial charge in [0, 0.05) is 26.8 Å². The minimum Gasteiger partial charge on any atom is -0.385 e. The molecule has 1 aliphatic rings. The van der Waals surface area contributed by atoms with Crippen molar-refractivity contribution in [1.82, 2.24) is 9.97 Å². The Morgan fingerprint density at radius 2 is 2.24 bits per heavy atom. The van der Waals surface area contributed by atoms with Gasteiger partial charge in [0.2, 0.25) is 11.8 Å². The van der Waals surface area contributed by atoms with Crippen LogP contribution in [0.25, 0.3) is 0 Å². The fraction of sp³-hybridized carbons (Fsp3) is 0.692. The zero-order valence-corrected chi connectivity index (χ0v) is 12.4. The molecule has 0 saturated heterocycles. The molecule has 2 N–H and O–H groups in total. The van der Waals surface area contributed by atoms with Gasteiger partial charge in [-0.3, -0.25) is 10.1 Å². The van der Waals surface area contributed by atoms with Gasteiger partial charge in [-0.05, 0) is 31.6 Å². The summed E-state index contributed by atoms with van der Waals surface area (Å²) in [5.74, 6) is 0.669. The van der Waals surface area contributed by atoms with Crippen LogP contribution in [-0.2, 0) is 4.74 Å². The van der Waals surface area contributed by atoms with Crippen molar-refractivity contribution in [3.63, 3.8) is 0 Å². The molecule has 0 atom stereocenters. The maximum Gasteiger partial charge on any atom is 0.329 e. The van der Waals surface area contributed by atoms with Crippen molar-refractivity contribution in [1.29, 1.82) is 0 Å². The van der Waals surface area contributed by atoms with E-state index in [1.165, 1.54) is 6.20 Å². The number of anilines is 2. The number of ether oxygens (including phenoxy) is 1. The van der Waals surface area contributed by atoms with Crippen LogP contribution >= 0.6 is 0 Å². The van der Waals surface area contributed by atoms with Crippen molar-refractivity contribution in [3.05, 3.63) is 16.3 Å². The Kier molecular flexibility index (Phi) is 4.89. The van der Waals surface area contributed by atoms with E-state index in [4.69, 9.17) is 4.74 Å². The minimum absolute atomic E-state index is 0.0980. The Morgan fingerprint density at radius 3 is 2.81 bits per heavy atom. The molecule has 1 aromatic heterocycles. The molecule has 8 heteroatoms. The zero-order chi connectivity index (χ0) is 15.3. The molecule has 0 unspecified atom stereocenters. The molecular formula is C13H21N5O3. The molecule has 0 aromatic carbocycles. The van der Waals surface area contributed by atoms with Crippen LogP contribution in [0.4, 0.5) is 17.5 Å². The first-order chi connectivity index (χ1) is 10.1. The molecule has 0 amide bonds. The van der Waals surface area contributed by atoms with Crippen LogP contribution in [0, 0.1) is 15.5 Å². The summed E-state index contributed by atoms with van der Waals surface area (Å²) in [7, 11) is 1.68. The summed E-state index contributed by atoms with van der Waals surface area (Å²) in [6.45, 7) is 3.95. The van der Waals surface area contributed by atoms with Gasteiger partial charge in [-0.25, -0.2) is 4.98 Å². The predicted octanol–water partition coefficient (Wildman–Crippen LogP) is 2.05. The van der Waals surface area contributed by atoms with E-state index in [0.29, 0.717) is 25.6 Å². The quantitative estimate of drug-likeness (QED) is 0.531. The highest BCUT2D eigenvalue weighted by atomic mass is 16.6. The second-order valence-corrected chi connectivity index (χ2v) is 5.31. The smallest absolute Gasteiger partial charge is 0.329 e. The molecule has 1 saturated carbocycles. The van der Waals surface area contributed by atoms with E-state index in [1.54, 1.807) is 7.11 Å². The zero-order valence-electron chi connectivity index (χ0n) is 12.4. The highest BCUT2D eigenvalue weighted by Gasteiger charge is 2.42. The van der Waals surface area contributed by atoms with E-state index >= 15 is 0 Å². The van der Waals surface area contributed by atoms with E-state index in [1.807, 2.05) is 6.92 Å². The van der Waals surface area contributed by atoms with Crippen LogP contribution in [-0.4, -0.2) is 41.7 Å². The van der Waals surface area contributed by atoms with Gasteiger partial charge in [-0.2, -0.15) is 4.98 Å². The fourth-order valence-electron chi connectivity index (χ4n) is 2.16. The maximum atomic E-state index is 11.0. The van der Waals surface area contributed by atoms with E-state index in [9.17, 15) is 10.1 Å². The molecule has 2 rings (SSSR count). The van der Waals surface area contributed by atoms with E-state index < -0.39 is 4.92 Å². The standard InChI is InChI=1S/C13H21N5O3/c1-3-14-12-15-8-10(18(19)20)11(17-12)16-9-13(4-5-13)6-7-21-2/h8H,3-7,9H2,1-2H3,(H2,14,15,16,17). The molecule has 1 aliphatic carbocycles. The first-order valence-corrected chi connectivity index (χ1v) is 7.08. The van der Waals surface area contributed by atoms with Gasteiger partial charge in [0.25, 0.3) is 0 Å². The molecule has 21 heavy (non-hydrogen) atoms. The molecule has 116 valence electrons. The lowest BCUT2D eigenvalue weighted by Gasteiger charge is -2.16. The molecule has 0 aliphatic heterocycles. The summed E-state index contributed by atoms with van der Waals surface area (Å²) in [6, 6.07) is 0. The molecule has 1 aromatic rings. The first-order valence-electron chi connectivity index (χ1n) is 7.08. The van der Waals surface area contributed by atoms with Gasteiger partial charge in [0.1, 0.15) is 6.20 Å². The van der Waals surface area contributed by atoms with Gasteiger partial charge in [-0.1, -0.05) is 0 Å². The predicted molar refractivity (Wildman–Crippen MR) is 79.5 cm³/mol. The van der Waals surface area contributed by atoms with Gasteiger partial charge in [0.05, 0.1) is 4.92 Å². The average Bonchev–Trinajstić information content (AvgIpc) is 3.24. The van der Waals surface area contributed by atoms with Gasteiger partial charge >= 0.3 is 5.69 Å². The number of nitro groups is 1. The van der Waals surface area contributed by atoms with Crippen LogP contribution in [0.5, 0.6) is 0 Å². The van der Waals surface area contributed by atoms with Crippen molar-refractivity contribution in [2.24, 2.45) is 5.41 Å². The van der Waals surface area contributed by atoms with Crippen LogP contribution in [0.1, 0.15) is 26.2 Å². The minimum atomic E-state index is -0.465. The number of hydrogen-bond donors (Lipinski definition) is 2. The molecule has 0 radical (unpaired) electrons. The van der Waals surface area contributed by atoms with E-state index in [2.05, 4.69) is 20.6 Å². The Labute approximate surface area is 123 Å². The number of methoxy groups -OCH3 is 1. The lowest BCUT2D eigenvalue weighted by molar-refractivity contribution is -0.384. The lowest BCUT2D eigenvalue weighted by Crippen LogP contribution is -2.19. The fourth-order valence-corrected chi connectivity index (χ4v) is 2.16. The number of nitrogens with zero attached hydrogens (tertiary/aromatic N) is 3. The van der Waals surface area contributed by atoms with Gasteiger partial charge in [0.15, 0.2) is 0 Å². The van der Waals surface area contributed by atoms with Gasteiger partial charge in [-0.15, -0.1) is 0 Å². The third-order valence-corrected chi connectivity index (χ3v) is 3.73. The normalized spacial score (nSPS) is 15.5. The van der Waals surface area contributed by atoms with Crippen molar-refractivity contribution in [3.8, 4) is 0 Å². The number of rotatable bonds is 9. The molecule has 8 nitrogen and oxygen atoms in total. The largest absolute Gasteiger partial charge is 0.385 e. The van der Waals surface area contributed by atoms with Crippen molar-refractivity contribution >= 4 is 17.5 Å². The molecule has 0 bridgehead atoms. The number of hydrogen-bond acceptors (Lipinski definition) is 7. The summed E-state index contributed by atoms with van der Waals surface area (Å²) in [5, 5.41) is 17.1. The Bertz CT molecular complexity index is 505. The van der Waals surface area contributed by atoms with E-state index in [-0.39, 0.29) is 16.9 Å². The van der Waals surface area contributed by atoms with Crippen molar-refractivity contribution < 1.29 is 9.66 Å². The Morgan fingerprint density at radius 1 is 1.48 bits per heavy atom. The topological polar surface area (TPSA) is 102 Å². The SMILES string of the molecule is CCNc1ncc([N+](=O)[O-])c(NCC2(CCOC)CC2)n1. The Balaban J connectivity index is 2.06. The summed E-state index contributed by atoms with van der Waals surface area (Å²) >= 11 is 0. The monoisotopic (exact) mass is 295 g/mol. The second-order valence-electron chi connectivity index (χ2n) is 5.31. The van der Waals surface area contributed by atoms with Crippen molar-refractivity contribution in [2.75, 3.05) is 37.4 Å². The highest BCUT2D eigenvalue weighted by molar-refractivity contribution is 5.57. The second kappa shape index (κ2) is 6.66. The van der Waals surface area contributed by atoms with Crippen LogP contribution in [0.2, 0.25) is 0 Å². The highest BCUT2D eigenvalue weighted by Crippen LogP contribution is 2.48. The van der Waals surface area contributed by atoms with E-state index in [0.717, 1.165) is 19.3 Å². The Hall–Kier alpha value is -1.96. The van der Waals surface area contributed by atoms with Gasteiger partial charge < -0.3 is 15.4 Å². The molecule has 1 heterocycles. The summed E-state index contributed by atoms with van der Waals surface area (Å²) in [6.07, 6.45) is 4.42. The third kappa shape index (κ3) is 4.01. The average molecular weight is 295 g/mol. The molecule has 0 spiro atoms. The summed E-state index contributed by atoms with van der Waals surface area (Å²) < 4.78 is 5.11. The van der Waals surface area contributed by atoms with Crippen LogP contribution in [0.15, 0.2) is 6.20 Å². The van der Waals surface area contributed by atoms with Crippen LogP contribution < -0.4 is 10.6 Å².